The van der Waals surface area contributed by atoms with Crippen molar-refractivity contribution in [2.24, 2.45) is 0 Å². The van der Waals surface area contributed by atoms with Gasteiger partial charge in [-0.25, -0.2) is 0 Å². The van der Waals surface area contributed by atoms with E-state index in [1.807, 2.05) is 19.1 Å². The Morgan fingerprint density at radius 2 is 2.04 bits per heavy atom. The van der Waals surface area contributed by atoms with Crippen LogP contribution in [0.5, 0.6) is 0 Å². The third-order valence-electron chi connectivity index (χ3n) is 4.53. The van der Waals surface area contributed by atoms with Crippen LogP contribution in [0.2, 0.25) is 0 Å². The second-order valence-electron chi connectivity index (χ2n) is 6.47. The van der Waals surface area contributed by atoms with Gasteiger partial charge in [-0.05, 0) is 37.6 Å². The van der Waals surface area contributed by atoms with Gasteiger partial charge in [-0.3, -0.25) is 14.6 Å². The lowest BCUT2D eigenvalue weighted by Crippen LogP contribution is -2.31. The summed E-state index contributed by atoms with van der Waals surface area (Å²) in [6, 6.07) is 12.3. The molecule has 1 atom stereocenters. The average Bonchev–Trinajstić information content (AvgIpc) is 2.69. The van der Waals surface area contributed by atoms with Gasteiger partial charge in [-0.15, -0.1) is 0 Å². The molecule has 0 aliphatic heterocycles. The van der Waals surface area contributed by atoms with Gasteiger partial charge in [0.05, 0.1) is 29.3 Å². The van der Waals surface area contributed by atoms with Crippen LogP contribution < -0.4 is 10.9 Å². The summed E-state index contributed by atoms with van der Waals surface area (Å²) in [5, 5.41) is 21.9. The van der Waals surface area contributed by atoms with E-state index in [1.165, 1.54) is 6.20 Å². The normalized spacial score (nSPS) is 11.4. The number of nitrogens with one attached hydrogen (secondary N) is 2. The topological polar surface area (TPSA) is 122 Å². The van der Waals surface area contributed by atoms with E-state index in [0.717, 1.165) is 5.56 Å². The minimum absolute atomic E-state index is 0.141. The maximum atomic E-state index is 12.5. The van der Waals surface area contributed by atoms with Crippen LogP contribution in [0.25, 0.3) is 10.9 Å². The minimum Gasteiger partial charge on any atom is -0.348 e. The van der Waals surface area contributed by atoms with Gasteiger partial charge >= 0.3 is 0 Å². The molecule has 3 rings (SSSR count). The van der Waals surface area contributed by atoms with Gasteiger partial charge < -0.3 is 10.3 Å². The zero-order valence-corrected chi connectivity index (χ0v) is 15.4. The number of pyridine rings is 2. The highest BCUT2D eigenvalue weighted by Crippen LogP contribution is 2.22. The maximum absolute atomic E-state index is 12.5. The Hall–Kier alpha value is -3.97. The molecule has 7 nitrogen and oxygen atoms in total. The van der Waals surface area contributed by atoms with E-state index >= 15 is 0 Å². The molecule has 2 heterocycles. The van der Waals surface area contributed by atoms with Crippen LogP contribution in [-0.4, -0.2) is 15.9 Å². The molecule has 1 unspecified atom stereocenters. The van der Waals surface area contributed by atoms with Gasteiger partial charge in [-0.2, -0.15) is 10.5 Å². The van der Waals surface area contributed by atoms with Gasteiger partial charge in [-0.1, -0.05) is 12.1 Å². The number of amides is 1. The quantitative estimate of drug-likeness (QED) is 0.729. The summed E-state index contributed by atoms with van der Waals surface area (Å²) in [7, 11) is 0. The monoisotopic (exact) mass is 371 g/mol. The average molecular weight is 371 g/mol. The molecule has 0 radical (unpaired) electrons. The summed E-state index contributed by atoms with van der Waals surface area (Å²) >= 11 is 0. The number of benzene rings is 1. The molecular formula is C21H17N5O2. The molecule has 1 aromatic carbocycles. The van der Waals surface area contributed by atoms with Gasteiger partial charge in [0.15, 0.2) is 0 Å². The summed E-state index contributed by atoms with van der Waals surface area (Å²) in [6.45, 7) is 3.61. The molecule has 7 heteroatoms. The fourth-order valence-electron chi connectivity index (χ4n) is 3.11. The second kappa shape index (κ2) is 7.73. The Kier molecular flexibility index (Phi) is 5.19. The zero-order chi connectivity index (χ0) is 20.3. The number of nitriles is 2. The number of aromatic amines is 1. The summed E-state index contributed by atoms with van der Waals surface area (Å²) in [4.78, 5) is 31.9. The molecule has 138 valence electrons. The Labute approximate surface area is 161 Å². The number of fused-ring (bicyclic) bond motifs is 1. The Bertz CT molecular complexity index is 1200. The SMILES string of the molecule is Cc1cccc2[nH]c(=O)c(CC(=O)NC(C)c3ccc(C#N)cn3)c(C#N)c12. The standard InChI is InChI=1S/C21H17N5O2/c1-12-4-3-5-18-20(12)16(10-23)15(21(28)26-18)8-19(27)25-13(2)17-7-6-14(9-22)11-24-17/h3-7,11,13H,8H2,1-2H3,(H,25,27)(H,26,28). The van der Waals surface area contributed by atoms with E-state index < -0.39 is 17.5 Å². The summed E-state index contributed by atoms with van der Waals surface area (Å²) in [5.74, 6) is -0.395. The first kappa shape index (κ1) is 18.8. The zero-order valence-electron chi connectivity index (χ0n) is 15.4. The number of carbonyl (C=O) groups is 1. The Morgan fingerprint density at radius 1 is 1.25 bits per heavy atom. The molecule has 0 fully saturated rings. The summed E-state index contributed by atoms with van der Waals surface area (Å²) in [5.41, 5.74) is 2.35. The van der Waals surface area contributed by atoms with Crippen LogP contribution in [0.3, 0.4) is 0 Å². The fourth-order valence-corrected chi connectivity index (χ4v) is 3.11. The largest absolute Gasteiger partial charge is 0.348 e. The van der Waals surface area contributed by atoms with Crippen molar-refractivity contribution in [1.29, 1.82) is 10.5 Å². The Balaban J connectivity index is 1.88. The predicted molar refractivity (Wildman–Crippen MR) is 103 cm³/mol. The second-order valence-corrected chi connectivity index (χ2v) is 6.47. The van der Waals surface area contributed by atoms with E-state index in [-0.39, 0.29) is 17.5 Å². The number of aryl methyl sites for hydroxylation is 1. The first-order valence-corrected chi connectivity index (χ1v) is 8.64. The molecule has 0 bridgehead atoms. The highest BCUT2D eigenvalue weighted by Gasteiger charge is 2.18. The van der Waals surface area contributed by atoms with Crippen molar-refractivity contribution >= 4 is 16.8 Å². The summed E-state index contributed by atoms with van der Waals surface area (Å²) in [6.07, 6.45) is 1.21. The first-order chi connectivity index (χ1) is 13.4. The fraction of sp³-hybridized carbons (Fsp3) is 0.190. The Morgan fingerprint density at radius 3 is 2.68 bits per heavy atom. The molecule has 28 heavy (non-hydrogen) atoms. The molecule has 0 spiro atoms. The lowest BCUT2D eigenvalue weighted by molar-refractivity contribution is -0.121. The number of rotatable bonds is 4. The number of H-pyrrole nitrogens is 1. The highest BCUT2D eigenvalue weighted by atomic mass is 16.2. The van der Waals surface area contributed by atoms with Crippen molar-refractivity contribution in [3.8, 4) is 12.1 Å². The van der Waals surface area contributed by atoms with Crippen molar-refractivity contribution in [2.45, 2.75) is 26.3 Å². The van der Waals surface area contributed by atoms with Crippen LogP contribution in [0.1, 0.15) is 40.9 Å². The lowest BCUT2D eigenvalue weighted by atomic mass is 9.98. The van der Waals surface area contributed by atoms with Crippen molar-refractivity contribution in [3.05, 3.63) is 74.8 Å². The van der Waals surface area contributed by atoms with Crippen molar-refractivity contribution in [2.75, 3.05) is 0 Å². The lowest BCUT2D eigenvalue weighted by Gasteiger charge is -2.14. The van der Waals surface area contributed by atoms with Gasteiger partial charge in [0, 0.05) is 22.7 Å². The van der Waals surface area contributed by atoms with E-state index in [9.17, 15) is 14.9 Å². The molecule has 2 N–H and O–H groups in total. The van der Waals surface area contributed by atoms with Crippen LogP contribution in [0.15, 0.2) is 41.3 Å². The molecule has 0 saturated carbocycles. The number of nitrogens with zero attached hydrogens (tertiary/aromatic N) is 3. The first-order valence-electron chi connectivity index (χ1n) is 8.64. The van der Waals surface area contributed by atoms with E-state index in [0.29, 0.717) is 22.2 Å². The number of hydrogen-bond donors (Lipinski definition) is 2. The molecule has 3 aromatic rings. The van der Waals surface area contributed by atoms with Gasteiger partial charge in [0.25, 0.3) is 5.56 Å². The van der Waals surface area contributed by atoms with E-state index in [4.69, 9.17) is 5.26 Å². The summed E-state index contributed by atoms with van der Waals surface area (Å²) < 4.78 is 0. The van der Waals surface area contributed by atoms with Crippen LogP contribution >= 0.6 is 0 Å². The smallest absolute Gasteiger partial charge is 0.253 e. The minimum atomic E-state index is -0.450. The van der Waals surface area contributed by atoms with E-state index in [1.54, 1.807) is 31.2 Å². The van der Waals surface area contributed by atoms with Gasteiger partial charge in [0.1, 0.15) is 12.1 Å². The van der Waals surface area contributed by atoms with Crippen molar-refractivity contribution in [1.82, 2.24) is 15.3 Å². The molecule has 0 aliphatic rings. The van der Waals surface area contributed by atoms with Crippen LogP contribution in [0.4, 0.5) is 0 Å². The molecule has 0 aliphatic carbocycles. The number of aromatic nitrogens is 2. The third-order valence-corrected chi connectivity index (χ3v) is 4.53. The predicted octanol–water partition coefficient (Wildman–Crippen LogP) is 2.39. The third kappa shape index (κ3) is 3.60. The molecule has 1 amide bonds. The molecule has 2 aromatic heterocycles. The highest BCUT2D eigenvalue weighted by molar-refractivity contribution is 5.90. The van der Waals surface area contributed by atoms with Crippen LogP contribution in [0, 0.1) is 29.6 Å². The number of hydrogen-bond acceptors (Lipinski definition) is 5. The number of carbonyl (C=O) groups excluding carboxylic acids is 1. The molecular weight excluding hydrogens is 354 g/mol. The van der Waals surface area contributed by atoms with E-state index in [2.05, 4.69) is 21.4 Å². The molecule has 0 saturated heterocycles. The van der Waals surface area contributed by atoms with Crippen LogP contribution in [-0.2, 0) is 11.2 Å². The van der Waals surface area contributed by atoms with Crippen molar-refractivity contribution < 1.29 is 4.79 Å². The van der Waals surface area contributed by atoms with Crippen molar-refractivity contribution in [3.63, 3.8) is 0 Å². The van der Waals surface area contributed by atoms with Gasteiger partial charge in [0.2, 0.25) is 5.91 Å². The maximum Gasteiger partial charge on any atom is 0.253 e.